The highest BCUT2D eigenvalue weighted by molar-refractivity contribution is 7.22. The number of rotatable bonds is 2. The summed E-state index contributed by atoms with van der Waals surface area (Å²) < 4.78 is 1.08. The number of nitrogens with one attached hydrogen (secondary N) is 1. The van der Waals surface area contributed by atoms with Gasteiger partial charge in [-0.2, -0.15) is 0 Å². The summed E-state index contributed by atoms with van der Waals surface area (Å²) in [4.78, 5) is 8.88. The summed E-state index contributed by atoms with van der Waals surface area (Å²) >= 11 is 1.59. The lowest BCUT2D eigenvalue weighted by Gasteiger charge is -2.03. The van der Waals surface area contributed by atoms with E-state index >= 15 is 0 Å². The van der Waals surface area contributed by atoms with Crippen LogP contribution in [0.15, 0.2) is 54.7 Å². The molecule has 3 N–H and O–H groups in total. The Morgan fingerprint density at radius 3 is 2.86 bits per heavy atom. The minimum atomic E-state index is 0.759. The van der Waals surface area contributed by atoms with Crippen LogP contribution in [0.25, 0.3) is 21.1 Å². The first-order chi connectivity index (χ1) is 10.3. The third-order valence-electron chi connectivity index (χ3n) is 3.27. The molecule has 21 heavy (non-hydrogen) atoms. The van der Waals surface area contributed by atoms with Gasteiger partial charge in [-0.3, -0.25) is 4.98 Å². The van der Waals surface area contributed by atoms with Gasteiger partial charge in [0.1, 0.15) is 0 Å². The van der Waals surface area contributed by atoms with Crippen molar-refractivity contribution in [2.45, 2.75) is 0 Å². The highest BCUT2D eigenvalue weighted by Gasteiger charge is 2.05. The van der Waals surface area contributed by atoms with Gasteiger partial charge in [0.05, 0.1) is 15.7 Å². The van der Waals surface area contributed by atoms with Crippen LogP contribution in [-0.4, -0.2) is 9.97 Å². The first-order valence-electron chi connectivity index (χ1n) is 6.56. The molecule has 5 heteroatoms. The van der Waals surface area contributed by atoms with Crippen molar-refractivity contribution in [3.8, 4) is 0 Å². The van der Waals surface area contributed by atoms with Crippen molar-refractivity contribution in [3.05, 3.63) is 54.7 Å². The lowest BCUT2D eigenvalue weighted by atomic mass is 10.2. The van der Waals surface area contributed by atoms with Gasteiger partial charge in [0.15, 0.2) is 5.13 Å². The molecule has 0 aliphatic carbocycles. The van der Waals surface area contributed by atoms with E-state index in [1.54, 1.807) is 17.5 Å². The minimum Gasteiger partial charge on any atom is -0.399 e. The molecule has 0 aliphatic heterocycles. The van der Waals surface area contributed by atoms with Crippen LogP contribution in [0.5, 0.6) is 0 Å². The molecule has 0 radical (unpaired) electrons. The van der Waals surface area contributed by atoms with Crippen molar-refractivity contribution < 1.29 is 0 Å². The highest BCUT2D eigenvalue weighted by atomic mass is 32.1. The molecule has 4 nitrogen and oxygen atoms in total. The van der Waals surface area contributed by atoms with Gasteiger partial charge in [-0.1, -0.05) is 17.4 Å². The van der Waals surface area contributed by atoms with Crippen LogP contribution >= 0.6 is 11.3 Å². The summed E-state index contributed by atoms with van der Waals surface area (Å²) in [5, 5.41) is 5.31. The Morgan fingerprint density at radius 1 is 1.00 bits per heavy atom. The van der Waals surface area contributed by atoms with Crippen molar-refractivity contribution in [1.29, 1.82) is 0 Å². The topological polar surface area (TPSA) is 63.8 Å². The maximum atomic E-state index is 5.80. The molecule has 2 aromatic carbocycles. The number of fused-ring (bicyclic) bond motifs is 2. The van der Waals surface area contributed by atoms with E-state index in [2.05, 4.69) is 21.4 Å². The summed E-state index contributed by atoms with van der Waals surface area (Å²) in [5.74, 6) is 0. The summed E-state index contributed by atoms with van der Waals surface area (Å²) in [7, 11) is 0. The molecule has 0 bridgehead atoms. The molecule has 0 saturated carbocycles. The highest BCUT2D eigenvalue weighted by Crippen LogP contribution is 2.30. The average molecular weight is 292 g/mol. The van der Waals surface area contributed by atoms with Gasteiger partial charge >= 0.3 is 0 Å². The Labute approximate surface area is 125 Å². The molecule has 0 unspecified atom stereocenters. The number of aromatic nitrogens is 2. The van der Waals surface area contributed by atoms with E-state index in [0.717, 1.165) is 37.6 Å². The first kappa shape index (κ1) is 12.1. The van der Waals surface area contributed by atoms with Crippen molar-refractivity contribution in [3.63, 3.8) is 0 Å². The maximum Gasteiger partial charge on any atom is 0.188 e. The molecule has 0 amide bonds. The minimum absolute atomic E-state index is 0.759. The lowest BCUT2D eigenvalue weighted by molar-refractivity contribution is 1.40. The van der Waals surface area contributed by atoms with E-state index in [1.165, 1.54) is 0 Å². The molecule has 2 aromatic heterocycles. The summed E-state index contributed by atoms with van der Waals surface area (Å²) in [6.45, 7) is 0. The smallest absolute Gasteiger partial charge is 0.188 e. The van der Waals surface area contributed by atoms with E-state index in [1.807, 2.05) is 42.5 Å². The van der Waals surface area contributed by atoms with Gasteiger partial charge in [0.2, 0.25) is 0 Å². The van der Waals surface area contributed by atoms with Gasteiger partial charge in [-0.25, -0.2) is 4.98 Å². The largest absolute Gasteiger partial charge is 0.399 e. The molecule has 4 rings (SSSR count). The Balaban J connectivity index is 1.71. The van der Waals surface area contributed by atoms with E-state index in [4.69, 9.17) is 5.73 Å². The normalized spacial score (nSPS) is 11.0. The first-order valence-corrected chi connectivity index (χ1v) is 7.37. The van der Waals surface area contributed by atoms with Gasteiger partial charge in [-0.05, 0) is 42.5 Å². The Kier molecular flexibility index (Phi) is 2.72. The standard InChI is InChI=1S/C16H12N4S/c17-11-3-5-14-15(9-11)21-16(20-14)19-12-4-6-13-10(8-12)2-1-7-18-13/h1-9H,17H2,(H,19,20). The molecular formula is C16H12N4S. The molecule has 0 saturated heterocycles. The third kappa shape index (κ3) is 2.28. The van der Waals surface area contributed by atoms with Gasteiger partial charge in [-0.15, -0.1) is 0 Å². The number of thiazole rings is 1. The van der Waals surface area contributed by atoms with Crippen molar-refractivity contribution >= 4 is 49.0 Å². The van der Waals surface area contributed by atoms with Crippen LogP contribution in [0.3, 0.4) is 0 Å². The second-order valence-electron chi connectivity index (χ2n) is 4.78. The van der Waals surface area contributed by atoms with Gasteiger partial charge in [0.25, 0.3) is 0 Å². The van der Waals surface area contributed by atoms with E-state index in [-0.39, 0.29) is 0 Å². The summed E-state index contributed by atoms with van der Waals surface area (Å²) in [6, 6.07) is 15.8. The zero-order valence-electron chi connectivity index (χ0n) is 11.1. The zero-order chi connectivity index (χ0) is 14.2. The number of hydrogen-bond donors (Lipinski definition) is 2. The number of nitrogens with zero attached hydrogens (tertiary/aromatic N) is 2. The Morgan fingerprint density at radius 2 is 1.90 bits per heavy atom. The van der Waals surface area contributed by atoms with Crippen molar-refractivity contribution in [2.24, 2.45) is 0 Å². The van der Waals surface area contributed by atoms with Crippen LogP contribution in [0.2, 0.25) is 0 Å². The average Bonchev–Trinajstić information content (AvgIpc) is 2.88. The monoisotopic (exact) mass is 292 g/mol. The maximum absolute atomic E-state index is 5.80. The number of nitrogen functional groups attached to an aromatic ring is 1. The second-order valence-corrected chi connectivity index (χ2v) is 5.81. The SMILES string of the molecule is Nc1ccc2nc(Nc3ccc4ncccc4c3)sc2c1. The van der Waals surface area contributed by atoms with Crippen LogP contribution in [0.1, 0.15) is 0 Å². The quantitative estimate of drug-likeness (QED) is 0.544. The zero-order valence-corrected chi connectivity index (χ0v) is 11.9. The number of nitrogens with two attached hydrogens (primary N) is 1. The Hall–Kier alpha value is -2.66. The van der Waals surface area contributed by atoms with E-state index < -0.39 is 0 Å². The molecule has 0 aliphatic rings. The third-order valence-corrected chi connectivity index (χ3v) is 4.20. The van der Waals surface area contributed by atoms with Crippen molar-refractivity contribution in [1.82, 2.24) is 9.97 Å². The molecule has 2 heterocycles. The van der Waals surface area contributed by atoms with Gasteiger partial charge < -0.3 is 11.1 Å². The summed E-state index contributed by atoms with van der Waals surface area (Å²) in [6.07, 6.45) is 1.80. The molecule has 4 aromatic rings. The fraction of sp³-hybridized carbons (Fsp3) is 0. The number of benzene rings is 2. The Bertz CT molecular complexity index is 945. The lowest BCUT2D eigenvalue weighted by Crippen LogP contribution is -1.89. The van der Waals surface area contributed by atoms with E-state index in [9.17, 15) is 0 Å². The second kappa shape index (κ2) is 4.71. The summed E-state index contributed by atoms with van der Waals surface area (Å²) in [5.41, 5.74) is 9.50. The fourth-order valence-corrected chi connectivity index (χ4v) is 3.21. The molecule has 102 valence electrons. The number of pyridine rings is 1. The van der Waals surface area contributed by atoms with Crippen LogP contribution in [0.4, 0.5) is 16.5 Å². The molecular weight excluding hydrogens is 280 g/mol. The fourth-order valence-electron chi connectivity index (χ4n) is 2.27. The molecule has 0 fully saturated rings. The van der Waals surface area contributed by atoms with Crippen molar-refractivity contribution in [2.75, 3.05) is 11.1 Å². The number of hydrogen-bond acceptors (Lipinski definition) is 5. The van der Waals surface area contributed by atoms with E-state index in [0.29, 0.717) is 0 Å². The van der Waals surface area contributed by atoms with Crippen LogP contribution < -0.4 is 11.1 Å². The van der Waals surface area contributed by atoms with Crippen LogP contribution in [-0.2, 0) is 0 Å². The molecule has 0 spiro atoms. The molecule has 0 atom stereocenters. The number of anilines is 3. The predicted molar refractivity (Wildman–Crippen MR) is 89.1 cm³/mol. The van der Waals surface area contributed by atoms with Gasteiger partial charge in [0, 0.05) is 23.0 Å². The predicted octanol–water partition coefficient (Wildman–Crippen LogP) is 4.17. The van der Waals surface area contributed by atoms with Crippen LogP contribution in [0, 0.1) is 0 Å².